The lowest BCUT2D eigenvalue weighted by molar-refractivity contribution is 0.510. The number of hydrogen-bond acceptors (Lipinski definition) is 3. The molecule has 0 radical (unpaired) electrons. The van der Waals surface area contributed by atoms with E-state index in [0.29, 0.717) is 0 Å². The molecule has 13 heavy (non-hydrogen) atoms. The molecule has 2 nitrogen and oxygen atoms in total. The number of aromatic nitrogens is 1. The first kappa shape index (κ1) is 10.7. The molecule has 1 rings (SSSR count). The molecule has 0 aromatic carbocycles. The summed E-state index contributed by atoms with van der Waals surface area (Å²) in [6, 6.07) is 0.190. The first-order valence-electron chi connectivity index (χ1n) is 4.78. The van der Waals surface area contributed by atoms with Crippen LogP contribution in [-0.4, -0.2) is 4.37 Å². The number of aryl methyl sites for hydroxylation is 1. The van der Waals surface area contributed by atoms with Crippen molar-refractivity contribution < 1.29 is 0 Å². The van der Waals surface area contributed by atoms with Gasteiger partial charge in [-0.25, -0.2) is 4.37 Å². The fourth-order valence-electron chi connectivity index (χ4n) is 1.30. The molecule has 0 saturated heterocycles. The van der Waals surface area contributed by atoms with Crippen LogP contribution < -0.4 is 5.73 Å². The quantitative estimate of drug-likeness (QED) is 0.808. The molecule has 0 saturated carbocycles. The molecular weight excluding hydrogens is 180 g/mol. The van der Waals surface area contributed by atoms with Gasteiger partial charge in [-0.2, -0.15) is 0 Å². The van der Waals surface area contributed by atoms with Crippen LogP contribution in [0.2, 0.25) is 0 Å². The topological polar surface area (TPSA) is 38.9 Å². The van der Waals surface area contributed by atoms with Gasteiger partial charge in [0, 0.05) is 17.1 Å². The average Bonchev–Trinajstić information content (AvgIpc) is 2.47. The molecule has 1 atom stereocenters. The predicted octanol–water partition coefficient (Wildman–Crippen LogP) is 2.89. The summed E-state index contributed by atoms with van der Waals surface area (Å²) in [6.07, 6.45) is 4.16. The molecule has 1 aromatic heterocycles. The maximum absolute atomic E-state index is 6.06. The van der Waals surface area contributed by atoms with Crippen molar-refractivity contribution in [2.24, 2.45) is 11.7 Å². The van der Waals surface area contributed by atoms with Gasteiger partial charge in [0.1, 0.15) is 0 Å². The monoisotopic (exact) mass is 198 g/mol. The lowest BCUT2D eigenvalue weighted by Gasteiger charge is -2.11. The first-order chi connectivity index (χ1) is 6.11. The fourth-order valence-corrected chi connectivity index (χ4v) is 2.08. The van der Waals surface area contributed by atoms with Crippen molar-refractivity contribution >= 4 is 11.5 Å². The lowest BCUT2D eigenvalue weighted by atomic mass is 10.0. The highest BCUT2D eigenvalue weighted by atomic mass is 32.1. The maximum Gasteiger partial charge on any atom is 0.0449 e. The van der Waals surface area contributed by atoms with E-state index in [2.05, 4.69) is 25.1 Å². The summed E-state index contributed by atoms with van der Waals surface area (Å²) in [5.74, 6) is 0.735. The van der Waals surface area contributed by atoms with Crippen LogP contribution in [0.1, 0.15) is 43.2 Å². The molecule has 0 aliphatic heterocycles. The van der Waals surface area contributed by atoms with Crippen LogP contribution in [0.3, 0.4) is 0 Å². The predicted molar refractivity (Wildman–Crippen MR) is 57.9 cm³/mol. The van der Waals surface area contributed by atoms with Crippen molar-refractivity contribution in [3.05, 3.63) is 16.6 Å². The van der Waals surface area contributed by atoms with Crippen molar-refractivity contribution in [3.8, 4) is 0 Å². The molecule has 1 unspecified atom stereocenters. The molecule has 0 aliphatic carbocycles. The Morgan fingerprint density at radius 3 is 2.62 bits per heavy atom. The van der Waals surface area contributed by atoms with E-state index >= 15 is 0 Å². The third-order valence-electron chi connectivity index (χ3n) is 2.18. The number of nitrogens with two attached hydrogens (primary N) is 1. The van der Waals surface area contributed by atoms with Gasteiger partial charge in [-0.3, -0.25) is 0 Å². The molecule has 0 bridgehead atoms. The molecule has 0 fully saturated rings. The second-order valence-corrected chi connectivity index (χ2v) is 4.78. The summed E-state index contributed by atoms with van der Waals surface area (Å²) in [7, 11) is 0. The van der Waals surface area contributed by atoms with Crippen molar-refractivity contribution in [3.63, 3.8) is 0 Å². The zero-order chi connectivity index (χ0) is 9.84. The third kappa shape index (κ3) is 3.08. The lowest BCUT2D eigenvalue weighted by Crippen LogP contribution is -2.10. The largest absolute Gasteiger partial charge is 0.323 e. The van der Waals surface area contributed by atoms with Crippen molar-refractivity contribution in [2.75, 3.05) is 0 Å². The van der Waals surface area contributed by atoms with Crippen LogP contribution in [0.4, 0.5) is 0 Å². The minimum atomic E-state index is 0.190. The second kappa shape index (κ2) is 4.72. The average molecular weight is 198 g/mol. The Hall–Kier alpha value is -0.410. The van der Waals surface area contributed by atoms with Gasteiger partial charge in [0.2, 0.25) is 0 Å². The molecule has 1 heterocycles. The number of hydrogen-bond donors (Lipinski definition) is 1. The van der Waals surface area contributed by atoms with Crippen molar-refractivity contribution in [1.29, 1.82) is 0 Å². The molecule has 74 valence electrons. The second-order valence-electron chi connectivity index (χ2n) is 3.95. The van der Waals surface area contributed by atoms with Gasteiger partial charge in [0.05, 0.1) is 0 Å². The highest BCUT2D eigenvalue weighted by Crippen LogP contribution is 2.24. The normalized spacial score (nSPS) is 13.6. The Balaban J connectivity index is 2.49. The van der Waals surface area contributed by atoms with E-state index in [9.17, 15) is 0 Å². The molecule has 1 aromatic rings. The zero-order valence-corrected chi connectivity index (χ0v) is 9.40. The van der Waals surface area contributed by atoms with Crippen LogP contribution in [-0.2, 0) is 0 Å². The minimum Gasteiger partial charge on any atom is -0.323 e. The Labute approximate surface area is 84.3 Å². The SMILES string of the molecule is Cc1cnsc1C(N)CCC(C)C. The van der Waals surface area contributed by atoms with Crippen molar-refractivity contribution in [2.45, 2.75) is 39.7 Å². The molecule has 2 N–H and O–H groups in total. The van der Waals surface area contributed by atoms with Gasteiger partial charge in [0.15, 0.2) is 0 Å². The van der Waals surface area contributed by atoms with E-state index in [4.69, 9.17) is 5.73 Å². The van der Waals surface area contributed by atoms with Gasteiger partial charge in [-0.05, 0) is 42.8 Å². The smallest absolute Gasteiger partial charge is 0.0449 e. The van der Waals surface area contributed by atoms with Gasteiger partial charge in [-0.1, -0.05) is 13.8 Å². The van der Waals surface area contributed by atoms with E-state index < -0.39 is 0 Å². The Morgan fingerprint density at radius 2 is 2.15 bits per heavy atom. The molecular formula is C10H18N2S. The summed E-state index contributed by atoms with van der Waals surface area (Å²) >= 11 is 1.53. The van der Waals surface area contributed by atoms with Gasteiger partial charge in [-0.15, -0.1) is 0 Å². The summed E-state index contributed by atoms with van der Waals surface area (Å²) < 4.78 is 4.13. The number of nitrogens with zero attached hydrogens (tertiary/aromatic N) is 1. The van der Waals surface area contributed by atoms with E-state index in [0.717, 1.165) is 12.3 Å². The van der Waals surface area contributed by atoms with Crippen LogP contribution in [0.5, 0.6) is 0 Å². The van der Waals surface area contributed by atoms with E-state index in [-0.39, 0.29) is 6.04 Å². The third-order valence-corrected chi connectivity index (χ3v) is 3.21. The van der Waals surface area contributed by atoms with Crippen LogP contribution in [0.25, 0.3) is 0 Å². The summed E-state index contributed by atoms with van der Waals surface area (Å²) in [4.78, 5) is 1.25. The Morgan fingerprint density at radius 1 is 1.46 bits per heavy atom. The highest BCUT2D eigenvalue weighted by molar-refractivity contribution is 7.06. The van der Waals surface area contributed by atoms with Crippen LogP contribution in [0, 0.1) is 12.8 Å². The summed E-state index contributed by atoms with van der Waals surface area (Å²) in [5.41, 5.74) is 7.30. The standard InChI is InChI=1S/C10H18N2S/c1-7(2)4-5-9(11)10-8(3)6-12-13-10/h6-7,9H,4-5,11H2,1-3H3. The van der Waals surface area contributed by atoms with Crippen molar-refractivity contribution in [1.82, 2.24) is 4.37 Å². The maximum atomic E-state index is 6.06. The van der Waals surface area contributed by atoms with Gasteiger partial charge < -0.3 is 5.73 Å². The van der Waals surface area contributed by atoms with E-state index in [1.807, 2.05) is 6.20 Å². The molecule has 0 amide bonds. The summed E-state index contributed by atoms with van der Waals surface area (Å²) in [6.45, 7) is 6.53. The minimum absolute atomic E-state index is 0.190. The van der Waals surface area contributed by atoms with E-state index in [1.54, 1.807) is 0 Å². The van der Waals surface area contributed by atoms with Gasteiger partial charge in [0.25, 0.3) is 0 Å². The molecule has 0 aliphatic rings. The highest BCUT2D eigenvalue weighted by Gasteiger charge is 2.11. The molecule has 0 spiro atoms. The van der Waals surface area contributed by atoms with Crippen LogP contribution >= 0.6 is 11.5 Å². The first-order valence-corrected chi connectivity index (χ1v) is 5.55. The Kier molecular flexibility index (Phi) is 3.88. The fraction of sp³-hybridized carbons (Fsp3) is 0.700. The van der Waals surface area contributed by atoms with Crippen LogP contribution in [0.15, 0.2) is 6.20 Å². The Bertz CT molecular complexity index is 255. The summed E-state index contributed by atoms with van der Waals surface area (Å²) in [5, 5.41) is 0. The van der Waals surface area contributed by atoms with Gasteiger partial charge >= 0.3 is 0 Å². The number of rotatable bonds is 4. The molecule has 3 heteroatoms. The van der Waals surface area contributed by atoms with E-state index in [1.165, 1.54) is 28.4 Å². The zero-order valence-electron chi connectivity index (χ0n) is 8.58.